The van der Waals surface area contributed by atoms with E-state index in [4.69, 9.17) is 0 Å². The molecule has 3 fully saturated rings. The zero-order chi connectivity index (χ0) is 19.4. The van der Waals surface area contributed by atoms with Crippen molar-refractivity contribution in [3.05, 3.63) is 18.3 Å². The Hall–Kier alpha value is -1.18. The van der Waals surface area contributed by atoms with Crippen LogP contribution in [0.1, 0.15) is 57.8 Å². The Kier molecular flexibility index (Phi) is 6.53. The maximum Gasteiger partial charge on any atom is 0.244 e. The summed E-state index contributed by atoms with van der Waals surface area (Å²) in [5.41, 5.74) is 0. The molecule has 7 heteroatoms. The molecular weight excluding hydrogens is 372 g/mol. The minimum Gasteiger partial charge on any atom is -0.355 e. The Labute approximate surface area is 170 Å². The second kappa shape index (κ2) is 9.09. The van der Waals surface area contributed by atoms with Crippen LogP contribution in [0.15, 0.2) is 23.2 Å². The van der Waals surface area contributed by atoms with Gasteiger partial charge >= 0.3 is 0 Å². The summed E-state index contributed by atoms with van der Waals surface area (Å²) < 4.78 is 27.3. The van der Waals surface area contributed by atoms with Crippen molar-refractivity contribution in [2.24, 2.45) is 0 Å². The van der Waals surface area contributed by atoms with Crippen molar-refractivity contribution < 1.29 is 8.42 Å². The molecule has 1 aromatic heterocycles. The fraction of sp³-hybridized carbons (Fsp3) is 0.762. The van der Waals surface area contributed by atoms with E-state index < -0.39 is 10.0 Å². The highest BCUT2D eigenvalue weighted by Crippen LogP contribution is 2.25. The fourth-order valence-corrected chi connectivity index (χ4v) is 6.35. The van der Waals surface area contributed by atoms with E-state index in [-0.39, 0.29) is 0 Å². The Balaban J connectivity index is 1.43. The molecule has 1 aromatic rings. The fourth-order valence-electron chi connectivity index (χ4n) is 4.89. The van der Waals surface area contributed by atoms with E-state index in [1.807, 2.05) is 6.07 Å². The number of hydrogen-bond donors (Lipinski definition) is 0. The Morgan fingerprint density at radius 1 is 0.821 bits per heavy atom. The number of nitrogens with zero attached hydrogens (tertiary/aromatic N) is 4. The summed E-state index contributed by atoms with van der Waals surface area (Å²) in [6, 6.07) is 4.26. The third kappa shape index (κ3) is 4.52. The van der Waals surface area contributed by atoms with E-state index in [0.717, 1.165) is 38.2 Å². The molecule has 0 N–H and O–H groups in total. The number of hydrogen-bond acceptors (Lipinski definition) is 5. The second-order valence-corrected chi connectivity index (χ2v) is 10.4. The largest absolute Gasteiger partial charge is 0.355 e. The summed E-state index contributed by atoms with van der Waals surface area (Å²) in [5, 5.41) is 0. The van der Waals surface area contributed by atoms with Crippen LogP contribution in [0.5, 0.6) is 0 Å². The van der Waals surface area contributed by atoms with Crippen LogP contribution in [0.4, 0.5) is 5.82 Å². The van der Waals surface area contributed by atoms with Crippen molar-refractivity contribution in [3.63, 3.8) is 0 Å². The Morgan fingerprint density at radius 2 is 1.50 bits per heavy atom. The molecule has 4 rings (SSSR count). The number of sulfonamides is 1. The number of anilines is 1. The molecule has 0 aromatic carbocycles. The van der Waals surface area contributed by atoms with Gasteiger partial charge < -0.3 is 4.90 Å². The van der Waals surface area contributed by atoms with E-state index in [2.05, 4.69) is 14.8 Å². The highest BCUT2D eigenvalue weighted by Gasteiger charge is 2.28. The molecule has 0 spiro atoms. The van der Waals surface area contributed by atoms with Gasteiger partial charge in [-0.15, -0.1) is 0 Å². The van der Waals surface area contributed by atoms with Crippen molar-refractivity contribution in [1.29, 1.82) is 0 Å². The third-order valence-electron chi connectivity index (χ3n) is 6.55. The lowest BCUT2D eigenvalue weighted by molar-refractivity contribution is 0.182. The number of pyridine rings is 1. The first-order valence-corrected chi connectivity index (χ1v) is 12.5. The summed E-state index contributed by atoms with van der Waals surface area (Å²) >= 11 is 0. The molecule has 156 valence electrons. The van der Waals surface area contributed by atoms with E-state index in [9.17, 15) is 8.42 Å². The van der Waals surface area contributed by atoms with Crippen molar-refractivity contribution in [2.75, 3.05) is 44.2 Å². The maximum atomic E-state index is 12.8. The van der Waals surface area contributed by atoms with Crippen LogP contribution in [-0.2, 0) is 10.0 Å². The normalized spacial score (nSPS) is 26.1. The van der Waals surface area contributed by atoms with E-state index in [1.54, 1.807) is 16.6 Å². The van der Waals surface area contributed by atoms with Gasteiger partial charge in [0.05, 0.1) is 0 Å². The zero-order valence-electron chi connectivity index (χ0n) is 16.9. The molecule has 6 nitrogen and oxygen atoms in total. The topological polar surface area (TPSA) is 56.8 Å². The predicted octanol–water partition coefficient (Wildman–Crippen LogP) is 3.10. The van der Waals surface area contributed by atoms with Crippen LogP contribution < -0.4 is 4.90 Å². The Bertz CT molecular complexity index is 723. The third-order valence-corrected chi connectivity index (χ3v) is 8.43. The number of piperidine rings is 2. The number of likely N-dealkylation sites (tertiary alicyclic amines) is 1. The molecule has 3 saturated heterocycles. The molecule has 3 aliphatic rings. The lowest BCUT2D eigenvalue weighted by Crippen LogP contribution is -2.48. The smallest absolute Gasteiger partial charge is 0.244 e. The average molecular weight is 407 g/mol. The van der Waals surface area contributed by atoms with Gasteiger partial charge in [0.2, 0.25) is 10.0 Å². The first-order chi connectivity index (χ1) is 13.6. The Morgan fingerprint density at radius 3 is 2.18 bits per heavy atom. The summed E-state index contributed by atoms with van der Waals surface area (Å²) in [6.07, 6.45) is 12.4. The lowest BCUT2D eigenvalue weighted by Gasteiger charge is -2.39. The minimum absolute atomic E-state index is 0.333. The predicted molar refractivity (Wildman–Crippen MR) is 112 cm³/mol. The van der Waals surface area contributed by atoms with Gasteiger partial charge in [-0.25, -0.2) is 13.4 Å². The van der Waals surface area contributed by atoms with Crippen molar-refractivity contribution in [2.45, 2.75) is 68.7 Å². The summed E-state index contributed by atoms with van der Waals surface area (Å²) in [5.74, 6) is 0.914. The molecular formula is C21H34N4O2S. The molecule has 1 unspecified atom stereocenters. The summed E-state index contributed by atoms with van der Waals surface area (Å²) in [7, 11) is -3.40. The van der Waals surface area contributed by atoms with Crippen LogP contribution in [0, 0.1) is 0 Å². The van der Waals surface area contributed by atoms with Gasteiger partial charge in [0.1, 0.15) is 10.7 Å². The van der Waals surface area contributed by atoms with Gasteiger partial charge in [-0.1, -0.05) is 19.3 Å². The SMILES string of the molecule is O=S(=O)(c1ccc(N2CCCC(N3CCCCCC3)C2)nc1)N1CCCCC1. The molecule has 28 heavy (non-hydrogen) atoms. The molecule has 0 amide bonds. The number of rotatable bonds is 4. The van der Waals surface area contributed by atoms with Gasteiger partial charge in [-0.2, -0.15) is 4.31 Å². The van der Waals surface area contributed by atoms with Gasteiger partial charge in [-0.3, -0.25) is 4.90 Å². The van der Waals surface area contributed by atoms with E-state index in [0.29, 0.717) is 24.0 Å². The van der Waals surface area contributed by atoms with Gasteiger partial charge in [-0.05, 0) is 63.7 Å². The quantitative estimate of drug-likeness (QED) is 0.769. The van der Waals surface area contributed by atoms with Crippen LogP contribution in [0.3, 0.4) is 0 Å². The van der Waals surface area contributed by atoms with Gasteiger partial charge in [0, 0.05) is 38.4 Å². The van der Waals surface area contributed by atoms with Crippen LogP contribution in [-0.4, -0.2) is 67.9 Å². The van der Waals surface area contributed by atoms with Crippen LogP contribution >= 0.6 is 0 Å². The van der Waals surface area contributed by atoms with Crippen LogP contribution in [0.2, 0.25) is 0 Å². The zero-order valence-corrected chi connectivity index (χ0v) is 17.7. The van der Waals surface area contributed by atoms with Crippen molar-refractivity contribution >= 4 is 15.8 Å². The highest BCUT2D eigenvalue weighted by molar-refractivity contribution is 7.89. The summed E-state index contributed by atoms with van der Waals surface area (Å²) in [4.78, 5) is 9.91. The van der Waals surface area contributed by atoms with Gasteiger partial charge in [0.25, 0.3) is 0 Å². The molecule has 1 atom stereocenters. The standard InChI is InChI=1S/C21H34N4O2S/c26-28(27,25-15-6-3-7-16-25)20-10-11-21(22-17-20)24-14-8-9-19(18-24)23-12-4-1-2-5-13-23/h10-11,17,19H,1-9,12-16,18H2. The monoisotopic (exact) mass is 406 g/mol. The first-order valence-electron chi connectivity index (χ1n) is 11.1. The highest BCUT2D eigenvalue weighted by atomic mass is 32.2. The molecule has 0 bridgehead atoms. The minimum atomic E-state index is -3.40. The van der Waals surface area contributed by atoms with Gasteiger partial charge in [0.15, 0.2) is 0 Å². The van der Waals surface area contributed by atoms with E-state index in [1.165, 1.54) is 51.6 Å². The second-order valence-electron chi connectivity index (χ2n) is 8.51. The average Bonchev–Trinajstić information content (AvgIpc) is 3.04. The molecule has 4 heterocycles. The number of aromatic nitrogens is 1. The van der Waals surface area contributed by atoms with Crippen molar-refractivity contribution in [3.8, 4) is 0 Å². The molecule has 3 aliphatic heterocycles. The lowest BCUT2D eigenvalue weighted by atomic mass is 10.0. The summed E-state index contributed by atoms with van der Waals surface area (Å²) in [6.45, 7) is 5.72. The van der Waals surface area contributed by atoms with Crippen LogP contribution in [0.25, 0.3) is 0 Å². The first kappa shape index (κ1) is 20.1. The van der Waals surface area contributed by atoms with Crippen molar-refractivity contribution in [1.82, 2.24) is 14.2 Å². The molecule has 0 aliphatic carbocycles. The molecule has 0 saturated carbocycles. The van der Waals surface area contributed by atoms with E-state index >= 15 is 0 Å². The molecule has 0 radical (unpaired) electrons. The maximum absolute atomic E-state index is 12.8.